The number of nitrogens with zero attached hydrogens (tertiary/aromatic N) is 1. The van der Waals surface area contributed by atoms with E-state index in [1.165, 1.54) is 135 Å². The number of likely N-dealkylation sites (N-methyl/N-ethyl adjacent to an activating group) is 1. The zero-order valence-corrected chi connectivity index (χ0v) is 35.0. The minimum absolute atomic E-state index is 0.0363. The minimum atomic E-state index is -4.36. The lowest BCUT2D eigenvalue weighted by molar-refractivity contribution is -0.870. The molecular weight excluding hydrogens is 665 g/mol. The molecule has 0 fully saturated rings. The number of carbonyl (C=O) groups excluding carboxylic acids is 2. The largest absolute Gasteiger partial charge is 0.472 e. The van der Waals surface area contributed by atoms with Gasteiger partial charge in [-0.1, -0.05) is 174 Å². The molecule has 0 aliphatic carbocycles. The highest BCUT2D eigenvalue weighted by Gasteiger charge is 2.27. The number of ether oxygens (including phenoxy) is 2. The van der Waals surface area contributed by atoms with Crippen LogP contribution in [0.15, 0.2) is 0 Å². The van der Waals surface area contributed by atoms with Crippen LogP contribution in [0.2, 0.25) is 0 Å². The number of rotatable bonds is 39. The third-order valence-electron chi connectivity index (χ3n) is 9.39. The Kier molecular flexibility index (Phi) is 34.1. The summed E-state index contributed by atoms with van der Waals surface area (Å²) in [6.07, 6.45) is 33.1. The van der Waals surface area contributed by atoms with Gasteiger partial charge in [0.1, 0.15) is 19.8 Å². The summed E-state index contributed by atoms with van der Waals surface area (Å²) in [5.74, 6) is -0.791. The zero-order valence-electron chi connectivity index (χ0n) is 34.1. The molecule has 0 aromatic rings. The molecule has 304 valence electrons. The summed E-state index contributed by atoms with van der Waals surface area (Å²) in [7, 11) is 1.49. The summed E-state index contributed by atoms with van der Waals surface area (Å²) in [6.45, 7) is 4.41. The van der Waals surface area contributed by atoms with Gasteiger partial charge in [-0.05, 0) is 12.8 Å². The summed E-state index contributed by atoms with van der Waals surface area (Å²) >= 11 is 0. The third-order valence-corrected chi connectivity index (χ3v) is 10.4. The SMILES string of the molecule is CCCCCCCCCCCCCCCCCCCCCC(=O)OC[C@H](COP(=O)(O)OCC[N+](C)(C)C)OC(=O)CCCCCCCCCC. The quantitative estimate of drug-likeness (QED) is 0.0286. The molecule has 0 aromatic carbocycles. The Morgan fingerprint density at radius 1 is 0.529 bits per heavy atom. The molecule has 0 spiro atoms. The van der Waals surface area contributed by atoms with Crippen LogP contribution in [0.25, 0.3) is 0 Å². The van der Waals surface area contributed by atoms with E-state index in [1.807, 2.05) is 21.1 Å². The van der Waals surface area contributed by atoms with Gasteiger partial charge in [0, 0.05) is 12.8 Å². The van der Waals surface area contributed by atoms with Crippen LogP contribution < -0.4 is 0 Å². The predicted molar refractivity (Wildman–Crippen MR) is 211 cm³/mol. The number of esters is 2. The number of unbranched alkanes of at least 4 members (excludes halogenated alkanes) is 25. The van der Waals surface area contributed by atoms with E-state index in [2.05, 4.69) is 13.8 Å². The van der Waals surface area contributed by atoms with Crippen molar-refractivity contribution >= 4 is 19.8 Å². The van der Waals surface area contributed by atoms with Crippen molar-refractivity contribution in [2.45, 2.75) is 206 Å². The molecule has 0 aliphatic heterocycles. The molecule has 0 aromatic heterocycles. The highest BCUT2D eigenvalue weighted by Crippen LogP contribution is 2.43. The van der Waals surface area contributed by atoms with Gasteiger partial charge in [0.15, 0.2) is 6.10 Å². The smallest absolute Gasteiger partial charge is 0.462 e. The van der Waals surface area contributed by atoms with Crippen molar-refractivity contribution in [1.29, 1.82) is 0 Å². The van der Waals surface area contributed by atoms with Gasteiger partial charge < -0.3 is 18.9 Å². The Labute approximate surface area is 314 Å². The maximum Gasteiger partial charge on any atom is 0.472 e. The average Bonchev–Trinajstić information content (AvgIpc) is 3.07. The first-order valence-electron chi connectivity index (χ1n) is 21.3. The lowest BCUT2D eigenvalue weighted by Gasteiger charge is -2.24. The number of phosphoric acid groups is 1. The number of hydrogen-bond acceptors (Lipinski definition) is 7. The van der Waals surface area contributed by atoms with E-state index < -0.39 is 26.5 Å². The van der Waals surface area contributed by atoms with E-state index in [0.717, 1.165) is 32.1 Å². The topological polar surface area (TPSA) is 108 Å². The molecule has 0 radical (unpaired) electrons. The number of phosphoric ester groups is 1. The summed E-state index contributed by atoms with van der Waals surface area (Å²) < 4.78 is 34.2. The molecule has 9 nitrogen and oxygen atoms in total. The fraction of sp³-hybridized carbons (Fsp3) is 0.951. The van der Waals surface area contributed by atoms with Crippen LogP contribution in [0.1, 0.15) is 200 Å². The van der Waals surface area contributed by atoms with Crippen LogP contribution in [-0.2, 0) is 32.7 Å². The first-order chi connectivity index (χ1) is 24.5. The van der Waals surface area contributed by atoms with Crippen molar-refractivity contribution < 1.29 is 42.1 Å². The molecule has 0 bridgehead atoms. The molecular formula is C41H83NO8P+. The van der Waals surface area contributed by atoms with Gasteiger partial charge in [-0.25, -0.2) is 4.57 Å². The van der Waals surface area contributed by atoms with Crippen molar-refractivity contribution in [3.8, 4) is 0 Å². The molecule has 0 aliphatic rings. The van der Waals surface area contributed by atoms with Crippen LogP contribution in [0.3, 0.4) is 0 Å². The lowest BCUT2D eigenvalue weighted by atomic mass is 10.0. The monoisotopic (exact) mass is 749 g/mol. The van der Waals surface area contributed by atoms with E-state index >= 15 is 0 Å². The van der Waals surface area contributed by atoms with Crippen molar-refractivity contribution in [3.63, 3.8) is 0 Å². The molecule has 2 atom stereocenters. The summed E-state index contributed by atoms with van der Waals surface area (Å²) in [5.41, 5.74) is 0. The second-order valence-corrected chi connectivity index (χ2v) is 17.2. The van der Waals surface area contributed by atoms with Crippen LogP contribution in [0.4, 0.5) is 0 Å². The van der Waals surface area contributed by atoms with Gasteiger partial charge in [0.25, 0.3) is 0 Å². The number of quaternary nitrogens is 1. The Morgan fingerprint density at radius 2 is 0.882 bits per heavy atom. The molecule has 0 amide bonds. The van der Waals surface area contributed by atoms with Gasteiger partial charge >= 0.3 is 19.8 Å². The van der Waals surface area contributed by atoms with Crippen LogP contribution in [0, 0.1) is 0 Å². The first-order valence-corrected chi connectivity index (χ1v) is 22.8. The first kappa shape index (κ1) is 50.0. The second kappa shape index (κ2) is 34.8. The summed E-state index contributed by atoms with van der Waals surface area (Å²) in [4.78, 5) is 35.1. The van der Waals surface area contributed by atoms with Crippen LogP contribution >= 0.6 is 7.82 Å². The van der Waals surface area contributed by atoms with E-state index in [-0.39, 0.29) is 25.6 Å². The van der Waals surface area contributed by atoms with Gasteiger partial charge in [-0.3, -0.25) is 18.6 Å². The normalized spacial score (nSPS) is 13.6. The second-order valence-electron chi connectivity index (χ2n) is 15.7. The van der Waals surface area contributed by atoms with Gasteiger partial charge in [-0.2, -0.15) is 0 Å². The van der Waals surface area contributed by atoms with Crippen molar-refractivity contribution in [2.24, 2.45) is 0 Å². The summed E-state index contributed by atoms with van der Waals surface area (Å²) in [6, 6.07) is 0. The maximum absolute atomic E-state index is 12.6. The Hall–Kier alpha value is -0.990. The van der Waals surface area contributed by atoms with Crippen molar-refractivity contribution in [1.82, 2.24) is 0 Å². The molecule has 0 heterocycles. The highest BCUT2D eigenvalue weighted by atomic mass is 31.2. The van der Waals surface area contributed by atoms with Gasteiger partial charge in [0.05, 0.1) is 27.7 Å². The molecule has 0 saturated carbocycles. The van der Waals surface area contributed by atoms with Crippen molar-refractivity contribution in [3.05, 3.63) is 0 Å². The third kappa shape index (κ3) is 38.5. The molecule has 0 saturated heterocycles. The predicted octanol–water partition coefficient (Wildman–Crippen LogP) is 11.6. The summed E-state index contributed by atoms with van der Waals surface area (Å²) in [5, 5.41) is 0. The molecule has 51 heavy (non-hydrogen) atoms. The van der Waals surface area contributed by atoms with Gasteiger partial charge in [0.2, 0.25) is 0 Å². The maximum atomic E-state index is 12.6. The molecule has 10 heteroatoms. The fourth-order valence-corrected chi connectivity index (χ4v) is 6.76. The van der Waals surface area contributed by atoms with E-state index in [4.69, 9.17) is 18.5 Å². The van der Waals surface area contributed by atoms with Crippen LogP contribution in [-0.4, -0.2) is 74.9 Å². The standard InChI is InChI=1S/C41H82NO8P/c1-6-8-10-12-14-16-17-18-19-20-21-22-23-24-25-26-28-29-31-33-40(43)47-37-39(38-49-51(45,46)48-36-35-42(3,4)5)50-41(44)34-32-30-27-15-13-11-9-7-2/h39H,6-38H2,1-5H3/p+1/t39-/m1/s1. The Bertz CT molecular complexity index is 850. The fourth-order valence-electron chi connectivity index (χ4n) is 6.01. The number of hydrogen-bond donors (Lipinski definition) is 1. The minimum Gasteiger partial charge on any atom is -0.462 e. The van der Waals surface area contributed by atoms with E-state index in [9.17, 15) is 19.0 Å². The zero-order chi connectivity index (χ0) is 37.9. The number of carbonyl (C=O) groups is 2. The lowest BCUT2D eigenvalue weighted by Crippen LogP contribution is -2.37. The molecule has 1 unspecified atom stereocenters. The molecule has 1 N–H and O–H groups in total. The average molecular weight is 749 g/mol. The van der Waals surface area contributed by atoms with E-state index in [1.54, 1.807) is 0 Å². The highest BCUT2D eigenvalue weighted by molar-refractivity contribution is 7.47. The van der Waals surface area contributed by atoms with Crippen molar-refractivity contribution in [2.75, 3.05) is 47.5 Å². The Balaban J connectivity index is 4.19. The molecule has 0 rings (SSSR count). The van der Waals surface area contributed by atoms with Gasteiger partial charge in [-0.15, -0.1) is 0 Å². The van der Waals surface area contributed by atoms with E-state index in [0.29, 0.717) is 23.9 Å². The van der Waals surface area contributed by atoms with Crippen LogP contribution in [0.5, 0.6) is 0 Å². The Morgan fingerprint density at radius 3 is 1.25 bits per heavy atom.